The van der Waals surface area contributed by atoms with Gasteiger partial charge in [-0.05, 0) is 50.8 Å². The van der Waals surface area contributed by atoms with Crippen molar-refractivity contribution >= 4 is 29.2 Å². The van der Waals surface area contributed by atoms with E-state index in [1.54, 1.807) is 11.8 Å². The lowest BCUT2D eigenvalue weighted by atomic mass is 10.1. The van der Waals surface area contributed by atoms with Crippen LogP contribution in [-0.2, 0) is 19.1 Å². The molecule has 7 nitrogen and oxygen atoms in total. The highest BCUT2D eigenvalue weighted by Crippen LogP contribution is 2.25. The Kier molecular flexibility index (Phi) is 6.67. The van der Waals surface area contributed by atoms with Gasteiger partial charge in [0.25, 0.3) is 5.91 Å². The maximum atomic E-state index is 12.6. The fourth-order valence-corrected chi connectivity index (χ4v) is 3.66. The van der Waals surface area contributed by atoms with Crippen molar-refractivity contribution in [1.29, 1.82) is 0 Å². The summed E-state index contributed by atoms with van der Waals surface area (Å²) in [6.45, 7) is 6.84. The molecule has 1 atom stereocenters. The number of likely N-dealkylation sites (tertiary alicyclic amines) is 1. The zero-order valence-electron chi connectivity index (χ0n) is 17.4. The number of hydrogen-bond donors (Lipinski definition) is 0. The van der Waals surface area contributed by atoms with E-state index in [4.69, 9.17) is 4.74 Å². The van der Waals surface area contributed by atoms with Crippen molar-refractivity contribution in [2.45, 2.75) is 65.4 Å². The van der Waals surface area contributed by atoms with Crippen LogP contribution in [0.1, 0.15) is 56.6 Å². The highest BCUT2D eigenvalue weighted by Gasteiger charge is 2.30. The molecule has 2 heterocycles. The summed E-state index contributed by atoms with van der Waals surface area (Å²) in [4.78, 5) is 39.4. The van der Waals surface area contributed by atoms with E-state index >= 15 is 0 Å². The molecule has 156 valence electrons. The summed E-state index contributed by atoms with van der Waals surface area (Å²) in [5, 5.41) is 5.56. The number of esters is 1. The van der Waals surface area contributed by atoms with Gasteiger partial charge in [-0.25, -0.2) is 4.79 Å². The number of aryl methyl sites for hydroxylation is 2. The number of carbonyl (C=O) groups is 3. The smallest absolute Gasteiger partial charge is 0.355 e. The summed E-state index contributed by atoms with van der Waals surface area (Å²) < 4.78 is 5.42. The Morgan fingerprint density at radius 1 is 1.07 bits per heavy atom. The van der Waals surface area contributed by atoms with Crippen molar-refractivity contribution in [1.82, 2.24) is 4.90 Å². The van der Waals surface area contributed by atoms with Gasteiger partial charge in [-0.3, -0.25) is 9.59 Å². The van der Waals surface area contributed by atoms with Crippen LogP contribution < -0.4 is 5.01 Å². The number of benzene rings is 1. The second-order valence-corrected chi connectivity index (χ2v) is 7.83. The quantitative estimate of drug-likeness (QED) is 0.729. The number of carbonyl (C=O) groups excluding carboxylic acids is 3. The summed E-state index contributed by atoms with van der Waals surface area (Å²) in [6, 6.07) is 5.75. The van der Waals surface area contributed by atoms with Gasteiger partial charge in [0, 0.05) is 25.9 Å². The van der Waals surface area contributed by atoms with Crippen LogP contribution in [0.5, 0.6) is 0 Å². The van der Waals surface area contributed by atoms with Gasteiger partial charge in [-0.1, -0.05) is 25.0 Å². The van der Waals surface area contributed by atoms with Crippen LogP contribution in [0.4, 0.5) is 5.69 Å². The van der Waals surface area contributed by atoms with E-state index in [1.165, 1.54) is 5.01 Å². The van der Waals surface area contributed by atoms with E-state index in [2.05, 4.69) is 5.10 Å². The first-order valence-electron chi connectivity index (χ1n) is 10.3. The lowest BCUT2D eigenvalue weighted by molar-refractivity contribution is -0.154. The molecule has 1 aromatic rings. The van der Waals surface area contributed by atoms with Gasteiger partial charge >= 0.3 is 5.97 Å². The van der Waals surface area contributed by atoms with Crippen LogP contribution in [0.2, 0.25) is 0 Å². The highest BCUT2D eigenvalue weighted by atomic mass is 16.5. The molecule has 7 heteroatoms. The van der Waals surface area contributed by atoms with Crippen molar-refractivity contribution in [3.63, 3.8) is 0 Å². The number of rotatable bonds is 4. The molecule has 0 aliphatic carbocycles. The van der Waals surface area contributed by atoms with Crippen LogP contribution in [0.25, 0.3) is 0 Å². The molecular weight excluding hydrogens is 370 g/mol. The summed E-state index contributed by atoms with van der Waals surface area (Å²) in [7, 11) is 0. The third kappa shape index (κ3) is 5.02. The maximum absolute atomic E-state index is 12.6. The SMILES string of the molecule is Cc1ccc(C)c(N2N=C(C(=O)OC(C)C(=O)N3CCCCCC3)CCC2=O)c1. The molecule has 2 aliphatic rings. The fraction of sp³-hybridized carbons (Fsp3) is 0.545. The summed E-state index contributed by atoms with van der Waals surface area (Å²) in [5.41, 5.74) is 2.72. The molecule has 1 fully saturated rings. The minimum Gasteiger partial charge on any atom is -0.448 e. The molecule has 2 amide bonds. The van der Waals surface area contributed by atoms with Gasteiger partial charge in [0.05, 0.1) is 5.69 Å². The van der Waals surface area contributed by atoms with Crippen molar-refractivity contribution in [2.24, 2.45) is 5.10 Å². The Hall–Kier alpha value is -2.70. The molecule has 0 bridgehead atoms. The first-order chi connectivity index (χ1) is 13.9. The second kappa shape index (κ2) is 9.20. The van der Waals surface area contributed by atoms with Gasteiger partial charge in [-0.2, -0.15) is 10.1 Å². The first-order valence-corrected chi connectivity index (χ1v) is 10.3. The highest BCUT2D eigenvalue weighted by molar-refractivity contribution is 6.38. The zero-order chi connectivity index (χ0) is 21.0. The molecule has 1 aromatic carbocycles. The van der Waals surface area contributed by atoms with E-state index in [-0.39, 0.29) is 30.4 Å². The van der Waals surface area contributed by atoms with Crippen LogP contribution >= 0.6 is 0 Å². The van der Waals surface area contributed by atoms with E-state index in [0.717, 1.165) is 36.8 Å². The maximum Gasteiger partial charge on any atom is 0.355 e. The van der Waals surface area contributed by atoms with Gasteiger partial charge in [-0.15, -0.1) is 0 Å². The molecule has 0 aromatic heterocycles. The van der Waals surface area contributed by atoms with Crippen molar-refractivity contribution in [3.8, 4) is 0 Å². The molecule has 1 saturated heterocycles. The molecule has 0 radical (unpaired) electrons. The van der Waals surface area contributed by atoms with E-state index < -0.39 is 12.1 Å². The molecule has 2 aliphatic heterocycles. The Bertz CT molecular complexity index is 825. The summed E-state index contributed by atoms with van der Waals surface area (Å²) in [5.74, 6) is -0.966. The molecular formula is C22H29N3O4. The number of hydrazone groups is 1. The van der Waals surface area contributed by atoms with Crippen LogP contribution in [-0.4, -0.2) is 47.6 Å². The van der Waals surface area contributed by atoms with Gasteiger partial charge in [0.15, 0.2) is 6.10 Å². The molecule has 29 heavy (non-hydrogen) atoms. The molecule has 0 saturated carbocycles. The lowest BCUT2D eigenvalue weighted by Gasteiger charge is -2.26. The number of nitrogens with zero attached hydrogens (tertiary/aromatic N) is 3. The first kappa shape index (κ1) is 21.0. The van der Waals surface area contributed by atoms with Gasteiger partial charge < -0.3 is 9.64 Å². The molecule has 3 rings (SSSR count). The Morgan fingerprint density at radius 3 is 2.45 bits per heavy atom. The largest absolute Gasteiger partial charge is 0.448 e. The van der Waals surface area contributed by atoms with E-state index in [1.807, 2.05) is 32.0 Å². The van der Waals surface area contributed by atoms with Gasteiger partial charge in [0.2, 0.25) is 5.91 Å². The number of amides is 2. The minimum atomic E-state index is -0.866. The van der Waals surface area contributed by atoms with Crippen molar-refractivity contribution in [3.05, 3.63) is 29.3 Å². The predicted octanol–water partition coefficient (Wildman–Crippen LogP) is 3.12. The number of ether oxygens (including phenoxy) is 1. The third-order valence-electron chi connectivity index (χ3n) is 5.41. The van der Waals surface area contributed by atoms with Crippen LogP contribution in [0.15, 0.2) is 23.3 Å². The Morgan fingerprint density at radius 2 is 1.76 bits per heavy atom. The van der Waals surface area contributed by atoms with E-state index in [0.29, 0.717) is 18.8 Å². The second-order valence-electron chi connectivity index (χ2n) is 7.83. The van der Waals surface area contributed by atoms with Crippen molar-refractivity contribution in [2.75, 3.05) is 18.1 Å². The molecule has 0 spiro atoms. The minimum absolute atomic E-state index is 0.163. The van der Waals surface area contributed by atoms with Gasteiger partial charge in [0.1, 0.15) is 5.71 Å². The summed E-state index contributed by atoms with van der Waals surface area (Å²) in [6.07, 6.45) is 3.72. The predicted molar refractivity (Wildman–Crippen MR) is 111 cm³/mol. The molecule has 1 unspecified atom stereocenters. The molecule has 0 N–H and O–H groups in total. The average Bonchev–Trinajstić information content (AvgIpc) is 2.99. The van der Waals surface area contributed by atoms with Crippen LogP contribution in [0.3, 0.4) is 0 Å². The van der Waals surface area contributed by atoms with Crippen molar-refractivity contribution < 1.29 is 19.1 Å². The average molecular weight is 399 g/mol. The zero-order valence-corrected chi connectivity index (χ0v) is 17.4. The lowest BCUT2D eigenvalue weighted by Crippen LogP contribution is -2.42. The normalized spacial score (nSPS) is 18.7. The standard InChI is InChI=1S/C22H29N3O4/c1-15-8-9-16(2)19(14-15)25-20(26)11-10-18(23-25)22(28)29-17(3)21(27)24-12-6-4-5-7-13-24/h8-9,14,17H,4-7,10-13H2,1-3H3. The van der Waals surface area contributed by atoms with E-state index in [9.17, 15) is 14.4 Å². The Balaban J connectivity index is 1.71. The third-order valence-corrected chi connectivity index (χ3v) is 5.41. The monoisotopic (exact) mass is 399 g/mol. The topological polar surface area (TPSA) is 79.3 Å². The van der Waals surface area contributed by atoms with Crippen LogP contribution in [0, 0.1) is 13.8 Å². The number of anilines is 1. The fourth-order valence-electron chi connectivity index (χ4n) is 3.66. The summed E-state index contributed by atoms with van der Waals surface area (Å²) >= 11 is 0. The number of hydrogen-bond acceptors (Lipinski definition) is 5. The Labute approximate surface area is 171 Å².